The second-order valence-corrected chi connectivity index (χ2v) is 5.64. The van der Waals surface area contributed by atoms with Crippen LogP contribution in [-0.4, -0.2) is 20.8 Å². The lowest BCUT2D eigenvalue weighted by Gasteiger charge is -2.29. The van der Waals surface area contributed by atoms with Gasteiger partial charge >= 0.3 is 0 Å². The van der Waals surface area contributed by atoms with E-state index < -0.39 is 0 Å². The Labute approximate surface area is 115 Å². The third-order valence-electron chi connectivity index (χ3n) is 3.67. The molecule has 0 unspecified atom stereocenters. The number of aliphatic hydroxyl groups is 1. The van der Waals surface area contributed by atoms with Crippen LogP contribution in [0.15, 0.2) is 18.5 Å². The number of hydrogen-bond acceptors (Lipinski definition) is 2. The van der Waals surface area contributed by atoms with Crippen LogP contribution in [0.25, 0.3) is 11.0 Å². The van der Waals surface area contributed by atoms with Crippen molar-refractivity contribution in [3.63, 3.8) is 0 Å². The van der Waals surface area contributed by atoms with E-state index in [2.05, 4.69) is 4.98 Å². The van der Waals surface area contributed by atoms with Gasteiger partial charge in [0.2, 0.25) is 0 Å². The average Bonchev–Trinajstić information content (AvgIpc) is 2.73. The predicted molar refractivity (Wildman–Crippen MR) is 73.3 cm³/mol. The molecule has 5 heteroatoms. The molecule has 2 atom stereocenters. The quantitative estimate of drug-likeness (QED) is 0.865. The van der Waals surface area contributed by atoms with Crippen molar-refractivity contribution >= 4 is 34.2 Å². The van der Waals surface area contributed by atoms with Gasteiger partial charge in [0.25, 0.3) is 0 Å². The zero-order valence-corrected chi connectivity index (χ0v) is 11.3. The Hall–Kier alpha value is -0.770. The van der Waals surface area contributed by atoms with Crippen molar-refractivity contribution in [3.8, 4) is 0 Å². The largest absolute Gasteiger partial charge is 0.391 e. The van der Waals surface area contributed by atoms with Crippen LogP contribution in [0.4, 0.5) is 0 Å². The summed E-state index contributed by atoms with van der Waals surface area (Å²) in [7, 11) is 0. The van der Waals surface area contributed by atoms with Crippen molar-refractivity contribution in [2.75, 3.05) is 0 Å². The molecule has 1 aromatic carbocycles. The molecule has 2 aromatic rings. The fourth-order valence-electron chi connectivity index (χ4n) is 2.70. The summed E-state index contributed by atoms with van der Waals surface area (Å²) in [5.74, 6) is 0. The highest BCUT2D eigenvalue weighted by atomic mass is 35.5. The summed E-state index contributed by atoms with van der Waals surface area (Å²) in [5, 5.41) is 11.2. The maximum absolute atomic E-state index is 10.1. The van der Waals surface area contributed by atoms with Crippen molar-refractivity contribution in [2.45, 2.75) is 37.8 Å². The van der Waals surface area contributed by atoms with E-state index in [1.54, 1.807) is 12.4 Å². The number of imidazole rings is 1. The number of aliphatic hydroxyl groups excluding tert-OH is 1. The summed E-state index contributed by atoms with van der Waals surface area (Å²) >= 11 is 12.0. The molecule has 0 radical (unpaired) electrons. The number of hydrogen-bond donors (Lipinski definition) is 1. The van der Waals surface area contributed by atoms with E-state index in [-0.39, 0.29) is 12.1 Å². The van der Waals surface area contributed by atoms with Gasteiger partial charge in [-0.25, -0.2) is 4.98 Å². The van der Waals surface area contributed by atoms with Gasteiger partial charge in [0.05, 0.1) is 39.6 Å². The SMILES string of the molecule is O[C@@H]1CCCC[C@H]1n1cnc2cc(Cl)c(Cl)cc21. The van der Waals surface area contributed by atoms with Crippen LogP contribution in [-0.2, 0) is 0 Å². The molecular formula is C13H14Cl2N2O. The molecule has 0 saturated heterocycles. The average molecular weight is 285 g/mol. The lowest BCUT2D eigenvalue weighted by Crippen LogP contribution is -2.27. The number of aromatic nitrogens is 2. The number of halogens is 2. The number of rotatable bonds is 1. The summed E-state index contributed by atoms with van der Waals surface area (Å²) in [5.41, 5.74) is 1.76. The molecule has 3 rings (SSSR count). The maximum Gasteiger partial charge on any atom is 0.0961 e. The highest BCUT2D eigenvalue weighted by Crippen LogP contribution is 2.33. The molecule has 0 amide bonds. The van der Waals surface area contributed by atoms with Crippen LogP contribution in [0.3, 0.4) is 0 Å². The Bertz CT molecular complexity index is 582. The number of nitrogens with zero attached hydrogens (tertiary/aromatic N) is 2. The molecule has 1 heterocycles. The minimum Gasteiger partial charge on any atom is -0.391 e. The summed E-state index contributed by atoms with van der Waals surface area (Å²) in [4.78, 5) is 4.34. The van der Waals surface area contributed by atoms with Crippen molar-refractivity contribution in [3.05, 3.63) is 28.5 Å². The molecule has 0 bridgehead atoms. The van der Waals surface area contributed by atoms with Gasteiger partial charge in [-0.1, -0.05) is 36.0 Å². The van der Waals surface area contributed by atoms with E-state index in [1.807, 2.05) is 10.6 Å². The molecule has 1 fully saturated rings. The number of benzene rings is 1. The first-order valence-corrected chi connectivity index (χ1v) is 6.92. The predicted octanol–water partition coefficient (Wildman–Crippen LogP) is 3.82. The Morgan fingerprint density at radius 1 is 1.17 bits per heavy atom. The van der Waals surface area contributed by atoms with Crippen LogP contribution in [0.2, 0.25) is 10.0 Å². The zero-order chi connectivity index (χ0) is 12.7. The second kappa shape index (κ2) is 4.72. The third kappa shape index (κ3) is 2.00. The molecule has 1 aliphatic carbocycles. The molecule has 96 valence electrons. The van der Waals surface area contributed by atoms with Crippen LogP contribution < -0.4 is 0 Å². The number of fused-ring (bicyclic) bond motifs is 1. The molecule has 1 aromatic heterocycles. The Balaban J connectivity index is 2.09. The van der Waals surface area contributed by atoms with Crippen molar-refractivity contribution < 1.29 is 5.11 Å². The first kappa shape index (κ1) is 12.3. The second-order valence-electron chi connectivity index (χ2n) is 4.83. The Morgan fingerprint density at radius 2 is 1.89 bits per heavy atom. The van der Waals surface area contributed by atoms with Crippen molar-refractivity contribution in [2.24, 2.45) is 0 Å². The molecule has 3 nitrogen and oxygen atoms in total. The van der Waals surface area contributed by atoms with Gasteiger partial charge in [0.15, 0.2) is 0 Å². The van der Waals surface area contributed by atoms with E-state index in [0.717, 1.165) is 36.7 Å². The fourth-order valence-corrected chi connectivity index (χ4v) is 3.02. The molecular weight excluding hydrogens is 271 g/mol. The molecule has 0 aliphatic heterocycles. The van der Waals surface area contributed by atoms with E-state index in [9.17, 15) is 5.11 Å². The fraction of sp³-hybridized carbons (Fsp3) is 0.462. The topological polar surface area (TPSA) is 38.0 Å². The molecule has 18 heavy (non-hydrogen) atoms. The highest BCUT2D eigenvalue weighted by molar-refractivity contribution is 6.42. The monoisotopic (exact) mass is 284 g/mol. The van der Waals surface area contributed by atoms with Crippen LogP contribution >= 0.6 is 23.2 Å². The summed E-state index contributed by atoms with van der Waals surface area (Å²) in [6.07, 6.45) is 5.54. The first-order valence-electron chi connectivity index (χ1n) is 6.16. The summed E-state index contributed by atoms with van der Waals surface area (Å²) in [6.45, 7) is 0. The Morgan fingerprint density at radius 3 is 2.67 bits per heavy atom. The van der Waals surface area contributed by atoms with Gasteiger partial charge in [0, 0.05) is 0 Å². The van der Waals surface area contributed by atoms with E-state index >= 15 is 0 Å². The molecule has 0 spiro atoms. The highest BCUT2D eigenvalue weighted by Gasteiger charge is 2.25. The standard InChI is InChI=1S/C13H14Cl2N2O/c14-8-5-10-12(6-9(8)15)17(7-16-10)11-3-1-2-4-13(11)18/h5-7,11,13,18H,1-4H2/t11-,13-/m1/s1. The molecule has 1 saturated carbocycles. The van der Waals surface area contributed by atoms with Crippen LogP contribution in [0.5, 0.6) is 0 Å². The normalized spacial score (nSPS) is 24.6. The lowest BCUT2D eigenvalue weighted by atomic mass is 9.92. The van der Waals surface area contributed by atoms with Gasteiger partial charge in [-0.15, -0.1) is 0 Å². The summed E-state index contributed by atoms with van der Waals surface area (Å²) < 4.78 is 2.03. The smallest absolute Gasteiger partial charge is 0.0961 e. The minimum absolute atomic E-state index is 0.0981. The zero-order valence-electron chi connectivity index (χ0n) is 9.81. The van der Waals surface area contributed by atoms with E-state index in [0.29, 0.717) is 10.0 Å². The van der Waals surface area contributed by atoms with Gasteiger partial charge in [0.1, 0.15) is 0 Å². The third-order valence-corrected chi connectivity index (χ3v) is 4.39. The molecule has 1 aliphatic rings. The van der Waals surface area contributed by atoms with Gasteiger partial charge in [-0.05, 0) is 25.0 Å². The van der Waals surface area contributed by atoms with Gasteiger partial charge in [-0.2, -0.15) is 0 Å². The van der Waals surface area contributed by atoms with Crippen LogP contribution in [0.1, 0.15) is 31.7 Å². The van der Waals surface area contributed by atoms with Gasteiger partial charge in [-0.3, -0.25) is 0 Å². The minimum atomic E-state index is -0.300. The molecule has 1 N–H and O–H groups in total. The van der Waals surface area contributed by atoms with Crippen LogP contribution in [0, 0.1) is 0 Å². The maximum atomic E-state index is 10.1. The van der Waals surface area contributed by atoms with Crippen molar-refractivity contribution in [1.29, 1.82) is 0 Å². The summed E-state index contributed by atoms with van der Waals surface area (Å²) in [6, 6.07) is 3.69. The first-order chi connectivity index (χ1) is 8.66. The van der Waals surface area contributed by atoms with Crippen molar-refractivity contribution in [1.82, 2.24) is 9.55 Å². The van der Waals surface area contributed by atoms with E-state index in [1.165, 1.54) is 0 Å². The Kier molecular flexibility index (Phi) is 3.22. The van der Waals surface area contributed by atoms with E-state index in [4.69, 9.17) is 23.2 Å². The lowest BCUT2D eigenvalue weighted by molar-refractivity contribution is 0.0773. The van der Waals surface area contributed by atoms with Gasteiger partial charge < -0.3 is 9.67 Å².